The number of nitrogens with zero attached hydrogens (tertiary/aromatic N) is 2. The Bertz CT molecular complexity index is 860. The number of carbonyl (C=O) groups excluding carboxylic acids is 1. The smallest absolute Gasteiger partial charge is 0.328 e. The average Bonchev–Trinajstić information content (AvgIpc) is 3.46. The number of anilines is 1. The van der Waals surface area contributed by atoms with Gasteiger partial charge >= 0.3 is 5.97 Å². The number of hydrogen-bond donors (Lipinski definition) is 1. The van der Waals surface area contributed by atoms with Crippen molar-refractivity contribution in [3.8, 4) is 0 Å². The van der Waals surface area contributed by atoms with Crippen LogP contribution in [0.2, 0.25) is 0 Å². The Morgan fingerprint density at radius 1 is 1.25 bits per heavy atom. The minimum atomic E-state index is -0.479. The lowest BCUT2D eigenvalue weighted by Gasteiger charge is -2.19. The largest absolute Gasteiger partial charge is 0.467 e. The van der Waals surface area contributed by atoms with Crippen molar-refractivity contribution < 1.29 is 14.3 Å². The molecule has 4 rings (SSSR count). The molecule has 0 aliphatic heterocycles. The molecule has 2 heterocycles. The molecule has 2 aliphatic rings. The molecule has 1 saturated carbocycles. The van der Waals surface area contributed by atoms with E-state index in [4.69, 9.17) is 19.4 Å². The number of carbonyl (C=O) groups is 1. The summed E-state index contributed by atoms with van der Waals surface area (Å²) in [5.74, 6) is 1.89. The third kappa shape index (κ3) is 4.15. The summed E-state index contributed by atoms with van der Waals surface area (Å²) >= 11 is 1.80. The molecule has 152 valence electrons. The highest BCUT2D eigenvalue weighted by molar-refractivity contribution is 7.19. The van der Waals surface area contributed by atoms with Gasteiger partial charge in [0.2, 0.25) is 0 Å². The Balaban J connectivity index is 1.68. The first kappa shape index (κ1) is 19.6. The molecule has 0 bridgehead atoms. The molecule has 2 aromatic rings. The molecule has 0 saturated heterocycles. The summed E-state index contributed by atoms with van der Waals surface area (Å²) in [5, 5.41) is 4.52. The monoisotopic (exact) mass is 403 g/mol. The lowest BCUT2D eigenvalue weighted by Crippen LogP contribution is -2.33. The van der Waals surface area contributed by atoms with Crippen LogP contribution in [0.15, 0.2) is 0 Å². The summed E-state index contributed by atoms with van der Waals surface area (Å²) in [6.07, 6.45) is 7.61. The van der Waals surface area contributed by atoms with Crippen LogP contribution < -0.4 is 5.32 Å². The first-order chi connectivity index (χ1) is 13.6. The Labute approximate surface area is 170 Å². The second-order valence-corrected chi connectivity index (χ2v) is 9.11. The van der Waals surface area contributed by atoms with Gasteiger partial charge in [0, 0.05) is 23.8 Å². The van der Waals surface area contributed by atoms with Gasteiger partial charge in [-0.05, 0) is 57.9 Å². The predicted octanol–water partition coefficient (Wildman–Crippen LogP) is 4.22. The second kappa shape index (κ2) is 8.33. The first-order valence-corrected chi connectivity index (χ1v) is 11.2. The summed E-state index contributed by atoms with van der Waals surface area (Å²) in [6, 6.07) is -0.479. The fourth-order valence-corrected chi connectivity index (χ4v) is 5.05. The van der Waals surface area contributed by atoms with Gasteiger partial charge in [0.05, 0.1) is 18.6 Å². The lowest BCUT2D eigenvalue weighted by molar-refractivity contribution is -0.142. The molecule has 1 N–H and O–H groups in total. The van der Waals surface area contributed by atoms with Crippen LogP contribution in [-0.4, -0.2) is 41.8 Å². The fourth-order valence-electron chi connectivity index (χ4n) is 3.78. The summed E-state index contributed by atoms with van der Waals surface area (Å²) < 4.78 is 10.7. The molecular weight excluding hydrogens is 374 g/mol. The predicted molar refractivity (Wildman–Crippen MR) is 111 cm³/mol. The van der Waals surface area contributed by atoms with Crippen molar-refractivity contribution in [1.82, 2.24) is 9.97 Å². The Hall–Kier alpha value is -1.73. The third-order valence-electron chi connectivity index (χ3n) is 5.43. The number of methoxy groups -OCH3 is 1. The topological polar surface area (TPSA) is 73.3 Å². The number of fused-ring (bicyclic) bond motifs is 3. The van der Waals surface area contributed by atoms with E-state index in [0.29, 0.717) is 18.9 Å². The van der Waals surface area contributed by atoms with Crippen molar-refractivity contribution >= 4 is 33.3 Å². The second-order valence-electron chi connectivity index (χ2n) is 8.02. The van der Waals surface area contributed by atoms with E-state index in [1.807, 2.05) is 13.8 Å². The first-order valence-electron chi connectivity index (χ1n) is 10.3. The van der Waals surface area contributed by atoms with Crippen molar-refractivity contribution in [1.29, 1.82) is 0 Å². The normalized spacial score (nSPS) is 17.6. The molecule has 0 radical (unpaired) electrons. The van der Waals surface area contributed by atoms with Gasteiger partial charge in [0.1, 0.15) is 22.5 Å². The quantitative estimate of drug-likeness (QED) is 0.666. The van der Waals surface area contributed by atoms with Crippen LogP contribution in [-0.2, 0) is 27.1 Å². The lowest BCUT2D eigenvalue weighted by atomic mass is 9.97. The van der Waals surface area contributed by atoms with E-state index in [1.54, 1.807) is 11.3 Å². The van der Waals surface area contributed by atoms with E-state index in [0.717, 1.165) is 47.5 Å². The average molecular weight is 404 g/mol. The molecular formula is C21H29N3O3S. The van der Waals surface area contributed by atoms with Gasteiger partial charge in [-0.3, -0.25) is 0 Å². The third-order valence-corrected chi connectivity index (χ3v) is 6.61. The SMILES string of the molecule is COC(=O)[C@H](CCOC(C)C)Nc1nc(C2CC2)nc2sc3c(c12)CCCC3. The molecule has 0 spiro atoms. The summed E-state index contributed by atoms with van der Waals surface area (Å²) in [5.41, 5.74) is 1.37. The highest BCUT2D eigenvalue weighted by Crippen LogP contribution is 2.43. The molecule has 2 aromatic heterocycles. The summed E-state index contributed by atoms with van der Waals surface area (Å²) in [4.78, 5) is 24.7. The highest BCUT2D eigenvalue weighted by atomic mass is 32.1. The van der Waals surface area contributed by atoms with E-state index >= 15 is 0 Å². The number of aromatic nitrogens is 2. The van der Waals surface area contributed by atoms with Crippen molar-refractivity contribution in [3.05, 3.63) is 16.3 Å². The minimum absolute atomic E-state index is 0.134. The molecule has 0 unspecified atom stereocenters. The number of aryl methyl sites for hydroxylation is 2. The zero-order valence-electron chi connectivity index (χ0n) is 16.9. The maximum Gasteiger partial charge on any atom is 0.328 e. The molecule has 7 heteroatoms. The van der Waals surface area contributed by atoms with Crippen molar-refractivity contribution in [2.45, 2.75) is 76.9 Å². The maximum atomic E-state index is 12.4. The zero-order valence-corrected chi connectivity index (χ0v) is 17.7. The van der Waals surface area contributed by atoms with E-state index in [9.17, 15) is 4.79 Å². The standard InChI is InChI=1S/C21H29N3O3S/c1-12(2)27-11-10-15(21(25)26-3)22-19-17-14-6-4-5-7-16(14)28-20(17)24-18(23-19)13-8-9-13/h12-13,15H,4-11H2,1-3H3,(H,22,23,24)/t15-/m0/s1. The van der Waals surface area contributed by atoms with Gasteiger partial charge in [-0.15, -0.1) is 11.3 Å². The number of thiophene rings is 1. The van der Waals surface area contributed by atoms with Crippen LogP contribution >= 0.6 is 11.3 Å². The molecule has 6 nitrogen and oxygen atoms in total. The Morgan fingerprint density at radius 2 is 2.04 bits per heavy atom. The summed E-state index contributed by atoms with van der Waals surface area (Å²) in [7, 11) is 1.43. The molecule has 2 aliphatic carbocycles. The number of esters is 1. The van der Waals surface area contributed by atoms with Gasteiger partial charge in [0.15, 0.2) is 0 Å². The molecule has 1 fully saturated rings. The van der Waals surface area contributed by atoms with Crippen LogP contribution in [0.1, 0.15) is 68.1 Å². The minimum Gasteiger partial charge on any atom is -0.467 e. The van der Waals surface area contributed by atoms with Gasteiger partial charge in [0.25, 0.3) is 0 Å². The van der Waals surface area contributed by atoms with E-state index in [2.05, 4.69) is 5.32 Å². The molecule has 1 atom stereocenters. The van der Waals surface area contributed by atoms with Gasteiger partial charge in [-0.2, -0.15) is 0 Å². The van der Waals surface area contributed by atoms with Crippen LogP contribution in [0.5, 0.6) is 0 Å². The van der Waals surface area contributed by atoms with Crippen LogP contribution in [0.25, 0.3) is 10.2 Å². The van der Waals surface area contributed by atoms with Crippen molar-refractivity contribution in [2.24, 2.45) is 0 Å². The van der Waals surface area contributed by atoms with Gasteiger partial charge in [-0.25, -0.2) is 14.8 Å². The Morgan fingerprint density at radius 3 is 2.75 bits per heavy atom. The number of rotatable bonds is 8. The summed E-state index contributed by atoms with van der Waals surface area (Å²) in [6.45, 7) is 4.48. The molecule has 0 aromatic carbocycles. The van der Waals surface area contributed by atoms with Crippen LogP contribution in [0, 0.1) is 0 Å². The zero-order chi connectivity index (χ0) is 19.7. The van der Waals surface area contributed by atoms with Gasteiger partial charge < -0.3 is 14.8 Å². The maximum absolute atomic E-state index is 12.4. The molecule has 0 amide bonds. The van der Waals surface area contributed by atoms with Crippen molar-refractivity contribution in [2.75, 3.05) is 19.0 Å². The van der Waals surface area contributed by atoms with E-state index in [-0.39, 0.29) is 12.1 Å². The Kier molecular flexibility index (Phi) is 5.83. The molecule has 28 heavy (non-hydrogen) atoms. The van der Waals surface area contributed by atoms with E-state index in [1.165, 1.54) is 30.4 Å². The number of ether oxygens (including phenoxy) is 2. The fraction of sp³-hybridized carbons (Fsp3) is 0.667. The number of nitrogens with one attached hydrogen (secondary N) is 1. The van der Waals surface area contributed by atoms with Gasteiger partial charge in [-0.1, -0.05) is 0 Å². The van der Waals surface area contributed by atoms with Crippen LogP contribution in [0.3, 0.4) is 0 Å². The van der Waals surface area contributed by atoms with Crippen molar-refractivity contribution in [3.63, 3.8) is 0 Å². The van der Waals surface area contributed by atoms with Crippen LogP contribution in [0.4, 0.5) is 5.82 Å². The highest BCUT2D eigenvalue weighted by Gasteiger charge is 2.30. The van der Waals surface area contributed by atoms with E-state index < -0.39 is 6.04 Å². The number of hydrogen-bond acceptors (Lipinski definition) is 7.